The second-order valence-electron chi connectivity index (χ2n) is 14.0. The third kappa shape index (κ3) is 4.83. The van der Waals surface area contributed by atoms with Crippen molar-refractivity contribution in [1.29, 1.82) is 0 Å². The maximum absolute atomic E-state index is 14.5. The number of hydrogen-bond donors (Lipinski definition) is 0. The lowest BCUT2D eigenvalue weighted by molar-refractivity contribution is 0.0979. The van der Waals surface area contributed by atoms with E-state index in [1.54, 1.807) is 12.1 Å². The molecule has 1 aliphatic rings. The highest BCUT2D eigenvalue weighted by Crippen LogP contribution is 2.46. The van der Waals surface area contributed by atoms with Gasteiger partial charge in [-0.3, -0.25) is 9.59 Å². The van der Waals surface area contributed by atoms with Gasteiger partial charge in [-0.25, -0.2) is 0 Å². The third-order valence-electron chi connectivity index (χ3n) is 10.8. The van der Waals surface area contributed by atoms with Gasteiger partial charge in [0.1, 0.15) is 22.3 Å². The molecule has 11 rings (SSSR count). The highest BCUT2D eigenvalue weighted by molar-refractivity contribution is 6.29. The lowest BCUT2D eigenvalue weighted by Crippen LogP contribution is -2.22. The Morgan fingerprint density at radius 2 is 0.714 bits per heavy atom. The van der Waals surface area contributed by atoms with Crippen molar-refractivity contribution in [2.24, 2.45) is 0 Å². The molecule has 2 aromatic heterocycles. The molecule has 6 nitrogen and oxygen atoms in total. The summed E-state index contributed by atoms with van der Waals surface area (Å²) in [6, 6.07) is 59.2. The molecule has 0 saturated heterocycles. The van der Waals surface area contributed by atoms with E-state index in [9.17, 15) is 9.59 Å². The summed E-state index contributed by atoms with van der Waals surface area (Å²) in [7, 11) is 0. The number of fused-ring (bicyclic) bond motifs is 8. The van der Waals surface area contributed by atoms with E-state index in [0.29, 0.717) is 22.3 Å². The monoisotopic (exact) mass is 722 g/mol. The summed E-state index contributed by atoms with van der Waals surface area (Å²) < 4.78 is 12.5. The lowest BCUT2D eigenvalue weighted by atomic mass is 9.83. The number of nitrogens with zero attached hydrogens (tertiary/aromatic N) is 2. The molecule has 0 amide bonds. The highest BCUT2D eigenvalue weighted by atomic mass is 16.3. The van der Waals surface area contributed by atoms with Crippen molar-refractivity contribution >= 4 is 89.6 Å². The molecule has 6 heteroatoms. The topological polar surface area (TPSA) is 66.9 Å². The van der Waals surface area contributed by atoms with Gasteiger partial charge in [-0.05, 0) is 97.1 Å². The predicted molar refractivity (Wildman–Crippen MR) is 224 cm³/mol. The van der Waals surface area contributed by atoms with E-state index >= 15 is 0 Å². The number of rotatable bonds is 6. The zero-order chi connectivity index (χ0) is 37.3. The Kier molecular flexibility index (Phi) is 7.06. The van der Waals surface area contributed by atoms with Crippen molar-refractivity contribution < 1.29 is 18.4 Å². The van der Waals surface area contributed by atoms with Crippen LogP contribution in [0.5, 0.6) is 0 Å². The average Bonchev–Trinajstić information content (AvgIpc) is 3.83. The van der Waals surface area contributed by atoms with Crippen LogP contribution in [0.2, 0.25) is 0 Å². The van der Waals surface area contributed by atoms with E-state index in [1.807, 2.05) is 146 Å². The molecule has 0 bridgehead atoms. The van der Waals surface area contributed by atoms with E-state index in [0.717, 1.165) is 78.0 Å². The number of hydrogen-bond acceptors (Lipinski definition) is 6. The lowest BCUT2D eigenvalue weighted by Gasteiger charge is -2.29. The van der Waals surface area contributed by atoms with Crippen molar-refractivity contribution in [3.63, 3.8) is 0 Å². The van der Waals surface area contributed by atoms with Crippen molar-refractivity contribution in [1.82, 2.24) is 0 Å². The minimum Gasteiger partial charge on any atom is -0.456 e. The molecule has 0 fully saturated rings. The second kappa shape index (κ2) is 12.4. The molecule has 0 atom stereocenters. The van der Waals surface area contributed by atoms with Crippen LogP contribution < -0.4 is 9.80 Å². The molecule has 0 unspecified atom stereocenters. The van der Waals surface area contributed by atoms with E-state index < -0.39 is 0 Å². The summed E-state index contributed by atoms with van der Waals surface area (Å²) in [5, 5.41) is 3.92. The fraction of sp³-hybridized carbons (Fsp3) is 0. The number of ketones is 2. The first kappa shape index (κ1) is 31.8. The van der Waals surface area contributed by atoms with E-state index in [1.165, 1.54) is 0 Å². The number of anilines is 6. The summed E-state index contributed by atoms with van der Waals surface area (Å²) in [5.74, 6) is -0.394. The van der Waals surface area contributed by atoms with Gasteiger partial charge in [0.2, 0.25) is 0 Å². The van der Waals surface area contributed by atoms with Gasteiger partial charge in [0, 0.05) is 55.8 Å². The molecular weight excluding hydrogens is 693 g/mol. The first-order valence-corrected chi connectivity index (χ1v) is 18.5. The smallest absolute Gasteiger partial charge is 0.194 e. The first-order chi connectivity index (χ1) is 27.6. The number of para-hydroxylation sites is 4. The normalized spacial score (nSPS) is 12.4. The van der Waals surface area contributed by atoms with Crippen LogP contribution in [0.3, 0.4) is 0 Å². The van der Waals surface area contributed by atoms with Crippen LogP contribution in [0, 0.1) is 0 Å². The standard InChI is InChI=1S/C50H30N2O4/c53-49-36-28-26-34(52(32-15-5-2-6-16-32)42-20-12-24-46-48(42)38-18-8-10-22-44(38)56-46)30-40(36)50(54)35-27-25-33(29-39(35)49)51(31-13-3-1-4-14-31)41-19-11-23-45-47(41)37-17-7-9-21-43(37)55-45/h1-30H. The largest absolute Gasteiger partial charge is 0.456 e. The Morgan fingerprint density at radius 1 is 0.321 bits per heavy atom. The number of furan rings is 2. The van der Waals surface area contributed by atoms with Gasteiger partial charge in [0.05, 0.1) is 22.1 Å². The predicted octanol–water partition coefficient (Wildman–Crippen LogP) is 13.2. The summed E-state index contributed by atoms with van der Waals surface area (Å²) >= 11 is 0. The molecule has 0 saturated carbocycles. The van der Waals surface area contributed by atoms with Crippen LogP contribution >= 0.6 is 0 Å². The maximum atomic E-state index is 14.5. The Morgan fingerprint density at radius 3 is 1.16 bits per heavy atom. The van der Waals surface area contributed by atoms with Crippen molar-refractivity contribution in [2.45, 2.75) is 0 Å². The molecule has 1 aliphatic carbocycles. The van der Waals surface area contributed by atoms with Crippen molar-refractivity contribution in [2.75, 3.05) is 9.80 Å². The van der Waals surface area contributed by atoms with Gasteiger partial charge >= 0.3 is 0 Å². The third-order valence-corrected chi connectivity index (χ3v) is 10.8. The van der Waals surface area contributed by atoms with Crippen LogP contribution in [-0.4, -0.2) is 11.6 Å². The van der Waals surface area contributed by atoms with E-state index in [-0.39, 0.29) is 11.6 Å². The average molecular weight is 723 g/mol. The molecule has 264 valence electrons. The van der Waals surface area contributed by atoms with Crippen molar-refractivity contribution in [3.05, 3.63) is 204 Å². The van der Waals surface area contributed by atoms with Crippen LogP contribution in [0.15, 0.2) is 191 Å². The first-order valence-electron chi connectivity index (χ1n) is 18.5. The van der Waals surface area contributed by atoms with E-state index in [4.69, 9.17) is 8.83 Å². The Labute approximate surface area is 321 Å². The van der Waals surface area contributed by atoms with Gasteiger partial charge in [-0.15, -0.1) is 0 Å². The molecule has 0 aliphatic heterocycles. The van der Waals surface area contributed by atoms with E-state index in [2.05, 4.69) is 34.1 Å². The zero-order valence-electron chi connectivity index (χ0n) is 29.8. The van der Waals surface area contributed by atoms with Gasteiger partial charge in [-0.1, -0.05) is 84.9 Å². The van der Waals surface area contributed by atoms with Gasteiger partial charge in [-0.2, -0.15) is 0 Å². The number of benzene rings is 8. The maximum Gasteiger partial charge on any atom is 0.194 e. The Balaban J connectivity index is 1.05. The molecule has 56 heavy (non-hydrogen) atoms. The van der Waals surface area contributed by atoms with Crippen LogP contribution in [0.4, 0.5) is 34.1 Å². The summed E-state index contributed by atoms with van der Waals surface area (Å²) in [4.78, 5) is 33.3. The number of carbonyl (C=O) groups excluding carboxylic acids is 2. The van der Waals surface area contributed by atoms with Gasteiger partial charge in [0.25, 0.3) is 0 Å². The molecule has 0 radical (unpaired) electrons. The molecule has 10 aromatic rings. The summed E-state index contributed by atoms with van der Waals surface area (Å²) in [5.41, 5.74) is 9.73. The molecule has 0 spiro atoms. The van der Waals surface area contributed by atoms with Crippen LogP contribution in [0.25, 0.3) is 43.9 Å². The quantitative estimate of drug-likeness (QED) is 0.170. The molecular formula is C50H30N2O4. The van der Waals surface area contributed by atoms with Crippen molar-refractivity contribution in [3.8, 4) is 0 Å². The fourth-order valence-electron chi connectivity index (χ4n) is 8.30. The molecule has 8 aromatic carbocycles. The summed E-state index contributed by atoms with van der Waals surface area (Å²) in [6.07, 6.45) is 0. The summed E-state index contributed by atoms with van der Waals surface area (Å²) in [6.45, 7) is 0. The Bertz CT molecular complexity index is 2980. The Hall–Kier alpha value is -7.70. The zero-order valence-corrected chi connectivity index (χ0v) is 29.8. The van der Waals surface area contributed by atoms with Gasteiger partial charge < -0.3 is 18.6 Å². The minimum atomic E-state index is -0.197. The van der Waals surface area contributed by atoms with Crippen LogP contribution in [-0.2, 0) is 0 Å². The fourth-order valence-corrected chi connectivity index (χ4v) is 8.30. The molecule has 2 heterocycles. The minimum absolute atomic E-state index is 0.197. The molecule has 0 N–H and O–H groups in total. The second-order valence-corrected chi connectivity index (χ2v) is 14.0. The van der Waals surface area contributed by atoms with Crippen LogP contribution in [0.1, 0.15) is 31.8 Å². The van der Waals surface area contributed by atoms with Gasteiger partial charge in [0.15, 0.2) is 11.6 Å². The number of carbonyl (C=O) groups is 2. The highest BCUT2D eigenvalue weighted by Gasteiger charge is 2.32. The SMILES string of the molecule is O=C1c2ccc(N(c3ccccc3)c3cccc4oc5ccccc5c34)cc2C(=O)c2ccc(N(c3ccccc3)c3cccc4oc5ccccc5c34)cc21.